The van der Waals surface area contributed by atoms with E-state index in [-0.39, 0.29) is 17.9 Å². The zero-order valence-electron chi connectivity index (χ0n) is 11.1. The second kappa shape index (κ2) is 5.10. The normalized spacial score (nSPS) is 21.3. The molecule has 1 fully saturated rings. The minimum Gasteiger partial charge on any atom is -0.393 e. The molecular formula is C13H20N2O3. The molecule has 1 aliphatic heterocycles. The van der Waals surface area contributed by atoms with Crippen molar-refractivity contribution in [2.24, 2.45) is 5.92 Å². The van der Waals surface area contributed by atoms with Crippen LogP contribution >= 0.6 is 0 Å². The summed E-state index contributed by atoms with van der Waals surface area (Å²) in [5.74, 6) is 0.741. The fraction of sp³-hybridized carbons (Fsp3) is 0.692. The van der Waals surface area contributed by atoms with Gasteiger partial charge in [-0.1, -0.05) is 12.1 Å². The van der Waals surface area contributed by atoms with Crippen molar-refractivity contribution in [3.05, 3.63) is 17.0 Å². The van der Waals surface area contributed by atoms with Gasteiger partial charge in [-0.2, -0.15) is 0 Å². The molecule has 5 nitrogen and oxygen atoms in total. The first-order valence-electron chi connectivity index (χ1n) is 6.47. The van der Waals surface area contributed by atoms with Gasteiger partial charge in [0.15, 0.2) is 0 Å². The lowest BCUT2D eigenvalue weighted by Gasteiger charge is -2.17. The molecule has 0 spiro atoms. The maximum absolute atomic E-state index is 12.4. The van der Waals surface area contributed by atoms with Gasteiger partial charge in [-0.15, -0.1) is 0 Å². The summed E-state index contributed by atoms with van der Waals surface area (Å²) < 4.78 is 5.09. The maximum Gasteiger partial charge on any atom is 0.259 e. The van der Waals surface area contributed by atoms with Crippen molar-refractivity contribution >= 4 is 5.91 Å². The lowest BCUT2D eigenvalue weighted by atomic mass is 10.0. The average Bonchev–Trinajstić information content (AvgIpc) is 2.94. The van der Waals surface area contributed by atoms with E-state index in [2.05, 4.69) is 5.16 Å². The van der Waals surface area contributed by atoms with Gasteiger partial charge in [0.05, 0.1) is 11.8 Å². The first kappa shape index (κ1) is 13.1. The Balaban J connectivity index is 2.15. The van der Waals surface area contributed by atoms with Gasteiger partial charge in [0.25, 0.3) is 5.91 Å². The summed E-state index contributed by atoms with van der Waals surface area (Å²) in [5.41, 5.74) is 1.32. The topological polar surface area (TPSA) is 66.6 Å². The number of carbonyl (C=O) groups excluding carboxylic acids is 1. The molecule has 0 radical (unpaired) electrons. The van der Waals surface area contributed by atoms with E-state index in [1.807, 2.05) is 6.92 Å². The zero-order chi connectivity index (χ0) is 13.3. The molecule has 0 aromatic carbocycles. The first-order valence-corrected chi connectivity index (χ1v) is 6.47. The molecule has 0 bridgehead atoms. The fourth-order valence-corrected chi connectivity index (χ4v) is 2.46. The number of hydrogen-bond donors (Lipinski definition) is 1. The maximum atomic E-state index is 12.4. The van der Waals surface area contributed by atoms with Crippen LogP contribution in [0.5, 0.6) is 0 Å². The molecule has 18 heavy (non-hydrogen) atoms. The van der Waals surface area contributed by atoms with Gasteiger partial charge in [0.1, 0.15) is 11.3 Å². The summed E-state index contributed by atoms with van der Waals surface area (Å²) in [6.07, 6.45) is 1.18. The number of aromatic nitrogens is 1. The number of carbonyl (C=O) groups is 1. The van der Waals surface area contributed by atoms with E-state index < -0.39 is 0 Å². The van der Waals surface area contributed by atoms with E-state index in [1.54, 1.807) is 18.7 Å². The monoisotopic (exact) mass is 252 g/mol. The molecule has 1 amide bonds. The summed E-state index contributed by atoms with van der Waals surface area (Å²) in [7, 11) is 0. The lowest BCUT2D eigenvalue weighted by molar-refractivity contribution is 0.0760. The molecule has 2 rings (SSSR count). The number of rotatable bonds is 3. The van der Waals surface area contributed by atoms with Crippen LogP contribution in [0.25, 0.3) is 0 Å². The van der Waals surface area contributed by atoms with Crippen molar-refractivity contribution in [1.82, 2.24) is 10.1 Å². The molecule has 2 unspecified atom stereocenters. The molecular weight excluding hydrogens is 232 g/mol. The predicted octanol–water partition coefficient (Wildman–Crippen LogP) is 1.39. The quantitative estimate of drug-likeness (QED) is 0.882. The second-order valence-corrected chi connectivity index (χ2v) is 4.95. The fourth-order valence-electron chi connectivity index (χ4n) is 2.46. The largest absolute Gasteiger partial charge is 0.393 e. The van der Waals surface area contributed by atoms with Crippen LogP contribution < -0.4 is 0 Å². The number of aryl methyl sites for hydroxylation is 2. The second-order valence-electron chi connectivity index (χ2n) is 4.95. The Kier molecular flexibility index (Phi) is 3.71. The first-order chi connectivity index (χ1) is 8.54. The van der Waals surface area contributed by atoms with Crippen molar-refractivity contribution in [1.29, 1.82) is 0 Å². The Labute approximate surface area is 107 Å². The average molecular weight is 252 g/mol. The highest BCUT2D eigenvalue weighted by Gasteiger charge is 2.32. The summed E-state index contributed by atoms with van der Waals surface area (Å²) >= 11 is 0. The number of aliphatic hydroxyl groups excluding tert-OH is 1. The van der Waals surface area contributed by atoms with E-state index >= 15 is 0 Å². The molecule has 0 saturated carbocycles. The Morgan fingerprint density at radius 3 is 2.94 bits per heavy atom. The van der Waals surface area contributed by atoms with Crippen molar-refractivity contribution in [2.45, 2.75) is 39.7 Å². The summed E-state index contributed by atoms with van der Waals surface area (Å²) in [4.78, 5) is 14.2. The Morgan fingerprint density at radius 2 is 2.39 bits per heavy atom. The van der Waals surface area contributed by atoms with Crippen LogP contribution in [0.2, 0.25) is 0 Å². The molecule has 1 saturated heterocycles. The molecule has 5 heteroatoms. The third-order valence-corrected chi connectivity index (χ3v) is 3.68. The van der Waals surface area contributed by atoms with E-state index in [9.17, 15) is 9.90 Å². The van der Waals surface area contributed by atoms with Crippen LogP contribution in [-0.2, 0) is 6.42 Å². The molecule has 1 N–H and O–H groups in total. The van der Waals surface area contributed by atoms with E-state index in [1.165, 1.54) is 0 Å². The van der Waals surface area contributed by atoms with Crippen LogP contribution in [-0.4, -0.2) is 40.3 Å². The van der Waals surface area contributed by atoms with Crippen molar-refractivity contribution < 1.29 is 14.4 Å². The van der Waals surface area contributed by atoms with Crippen molar-refractivity contribution in [2.75, 3.05) is 13.1 Å². The molecule has 1 aromatic heterocycles. The number of hydrogen-bond acceptors (Lipinski definition) is 4. The summed E-state index contributed by atoms with van der Waals surface area (Å²) in [6.45, 7) is 6.81. The molecule has 100 valence electrons. The van der Waals surface area contributed by atoms with Gasteiger partial charge in [-0.25, -0.2) is 0 Å². The Bertz CT molecular complexity index is 439. The van der Waals surface area contributed by atoms with E-state index in [0.29, 0.717) is 30.8 Å². The predicted molar refractivity (Wildman–Crippen MR) is 66.3 cm³/mol. The highest BCUT2D eigenvalue weighted by Crippen LogP contribution is 2.24. The van der Waals surface area contributed by atoms with Crippen LogP contribution in [0.15, 0.2) is 4.52 Å². The molecule has 1 aliphatic rings. The number of nitrogens with zero attached hydrogens (tertiary/aromatic N) is 2. The minimum absolute atomic E-state index is 0.0197. The smallest absolute Gasteiger partial charge is 0.259 e. The zero-order valence-corrected chi connectivity index (χ0v) is 11.1. The van der Waals surface area contributed by atoms with Gasteiger partial charge in [0, 0.05) is 19.0 Å². The standard InChI is InChI=1S/C13H20N2O3/c1-4-11-12(9(3)18-14-11)13(17)15-6-5-10(7-15)8(2)16/h8,10,16H,4-7H2,1-3H3. The van der Waals surface area contributed by atoms with Crippen LogP contribution in [0, 0.1) is 12.8 Å². The van der Waals surface area contributed by atoms with Gasteiger partial charge in [0.2, 0.25) is 0 Å². The van der Waals surface area contributed by atoms with E-state index in [4.69, 9.17) is 4.52 Å². The number of aliphatic hydroxyl groups is 1. The minimum atomic E-state index is -0.364. The third kappa shape index (κ3) is 2.27. The number of amides is 1. The highest BCUT2D eigenvalue weighted by molar-refractivity contribution is 5.96. The van der Waals surface area contributed by atoms with Crippen molar-refractivity contribution in [3.63, 3.8) is 0 Å². The SMILES string of the molecule is CCc1noc(C)c1C(=O)N1CCC(C(C)O)C1. The molecule has 2 atom stereocenters. The van der Waals surface area contributed by atoms with Crippen LogP contribution in [0.4, 0.5) is 0 Å². The lowest BCUT2D eigenvalue weighted by Crippen LogP contribution is -2.31. The highest BCUT2D eigenvalue weighted by atomic mass is 16.5. The van der Waals surface area contributed by atoms with Gasteiger partial charge >= 0.3 is 0 Å². The molecule has 1 aromatic rings. The van der Waals surface area contributed by atoms with Gasteiger partial charge in [-0.05, 0) is 26.7 Å². The Morgan fingerprint density at radius 1 is 1.67 bits per heavy atom. The van der Waals surface area contributed by atoms with Crippen LogP contribution in [0.3, 0.4) is 0 Å². The van der Waals surface area contributed by atoms with E-state index in [0.717, 1.165) is 12.1 Å². The Hall–Kier alpha value is -1.36. The summed E-state index contributed by atoms with van der Waals surface area (Å²) in [6, 6.07) is 0. The number of likely N-dealkylation sites (tertiary alicyclic amines) is 1. The summed E-state index contributed by atoms with van der Waals surface area (Å²) in [5, 5.41) is 13.5. The van der Waals surface area contributed by atoms with Gasteiger partial charge in [-0.3, -0.25) is 4.79 Å². The van der Waals surface area contributed by atoms with Crippen molar-refractivity contribution in [3.8, 4) is 0 Å². The van der Waals surface area contributed by atoms with Crippen LogP contribution in [0.1, 0.15) is 42.1 Å². The molecule has 2 heterocycles. The van der Waals surface area contributed by atoms with Gasteiger partial charge < -0.3 is 14.5 Å². The third-order valence-electron chi connectivity index (χ3n) is 3.68. The molecule has 0 aliphatic carbocycles.